The van der Waals surface area contributed by atoms with Crippen molar-refractivity contribution < 1.29 is 9.90 Å². The van der Waals surface area contributed by atoms with Crippen molar-refractivity contribution in [3.8, 4) is 11.3 Å². The summed E-state index contributed by atoms with van der Waals surface area (Å²) in [7, 11) is 0. The van der Waals surface area contributed by atoms with Gasteiger partial charge in [0.1, 0.15) is 12.4 Å². The van der Waals surface area contributed by atoms with Gasteiger partial charge in [-0.2, -0.15) is 4.98 Å². The number of pyridine rings is 1. The van der Waals surface area contributed by atoms with Crippen LogP contribution in [0.4, 0.5) is 17.5 Å². The molecule has 2 heterocycles. The van der Waals surface area contributed by atoms with Crippen molar-refractivity contribution in [1.29, 1.82) is 0 Å². The molecular weight excluding hydrogens is 386 g/mol. The summed E-state index contributed by atoms with van der Waals surface area (Å²) in [5, 5.41) is 14.8. The summed E-state index contributed by atoms with van der Waals surface area (Å²) in [5.74, 6) is -0.207. The molecule has 126 valence electrons. The van der Waals surface area contributed by atoms with Gasteiger partial charge in [-0.1, -0.05) is 22.0 Å². The zero-order valence-electron chi connectivity index (χ0n) is 13.0. The van der Waals surface area contributed by atoms with Crippen LogP contribution in [0.15, 0.2) is 59.3 Å². The summed E-state index contributed by atoms with van der Waals surface area (Å²) in [5.41, 5.74) is 2.36. The molecule has 25 heavy (non-hydrogen) atoms. The molecule has 0 radical (unpaired) electrons. The molecule has 7 nitrogen and oxygen atoms in total. The number of carbonyl (C=O) groups is 1. The lowest BCUT2D eigenvalue weighted by Crippen LogP contribution is -2.15. The average molecular weight is 400 g/mol. The number of benzene rings is 1. The maximum absolute atomic E-state index is 10.8. The first-order valence-corrected chi connectivity index (χ1v) is 8.17. The fourth-order valence-electron chi connectivity index (χ4n) is 2.13. The number of nitrogens with one attached hydrogen (secondary N) is 2. The van der Waals surface area contributed by atoms with Crippen LogP contribution in [0.2, 0.25) is 0 Å². The first kappa shape index (κ1) is 16.8. The maximum atomic E-state index is 10.8. The van der Waals surface area contributed by atoms with Crippen LogP contribution in [-0.4, -0.2) is 32.6 Å². The predicted molar refractivity (Wildman–Crippen MR) is 98.8 cm³/mol. The molecule has 3 N–H and O–H groups in total. The molecule has 0 saturated heterocycles. The van der Waals surface area contributed by atoms with E-state index in [1.807, 2.05) is 36.4 Å². The summed E-state index contributed by atoms with van der Waals surface area (Å²) >= 11 is 3.42. The van der Waals surface area contributed by atoms with Gasteiger partial charge < -0.3 is 15.7 Å². The number of carboxylic acids is 1. The molecule has 0 saturated carbocycles. The highest BCUT2D eigenvalue weighted by molar-refractivity contribution is 9.10. The smallest absolute Gasteiger partial charge is 0.322 e. The highest BCUT2D eigenvalue weighted by Crippen LogP contribution is 2.24. The average Bonchev–Trinajstić information content (AvgIpc) is 2.60. The van der Waals surface area contributed by atoms with Crippen LogP contribution in [0.3, 0.4) is 0 Å². The molecule has 0 aliphatic heterocycles. The first-order chi connectivity index (χ1) is 12.1. The van der Waals surface area contributed by atoms with Crippen LogP contribution in [0.25, 0.3) is 11.3 Å². The van der Waals surface area contributed by atoms with Gasteiger partial charge >= 0.3 is 5.97 Å². The van der Waals surface area contributed by atoms with E-state index >= 15 is 0 Å². The molecule has 1 aromatic carbocycles. The van der Waals surface area contributed by atoms with Crippen LogP contribution in [0.1, 0.15) is 0 Å². The highest BCUT2D eigenvalue weighted by atomic mass is 79.9. The van der Waals surface area contributed by atoms with Crippen LogP contribution in [0, 0.1) is 0 Å². The predicted octanol–water partition coefficient (Wildman–Crippen LogP) is 3.54. The maximum Gasteiger partial charge on any atom is 0.322 e. The molecule has 0 amide bonds. The van der Waals surface area contributed by atoms with E-state index in [0.717, 1.165) is 15.7 Å². The van der Waals surface area contributed by atoms with Crippen molar-refractivity contribution in [1.82, 2.24) is 15.0 Å². The third kappa shape index (κ3) is 4.74. The fraction of sp³-hybridized carbons (Fsp3) is 0.0588. The van der Waals surface area contributed by atoms with Crippen molar-refractivity contribution in [2.45, 2.75) is 0 Å². The zero-order valence-corrected chi connectivity index (χ0v) is 14.6. The van der Waals surface area contributed by atoms with E-state index in [1.165, 1.54) is 0 Å². The Kier molecular flexibility index (Phi) is 5.20. The van der Waals surface area contributed by atoms with E-state index < -0.39 is 5.97 Å². The largest absolute Gasteiger partial charge is 0.480 e. The topological polar surface area (TPSA) is 100 Å². The Balaban J connectivity index is 1.95. The number of halogens is 1. The van der Waals surface area contributed by atoms with Crippen LogP contribution >= 0.6 is 15.9 Å². The molecule has 3 rings (SSSR count). The minimum absolute atomic E-state index is 0.231. The second kappa shape index (κ2) is 7.71. The molecule has 0 unspecified atom stereocenters. The summed E-state index contributed by atoms with van der Waals surface area (Å²) in [6.07, 6.45) is 3.34. The monoisotopic (exact) mass is 399 g/mol. The molecule has 0 atom stereocenters. The Bertz CT molecular complexity index is 889. The molecule has 0 aliphatic carbocycles. The lowest BCUT2D eigenvalue weighted by Gasteiger charge is -2.11. The van der Waals surface area contributed by atoms with E-state index in [2.05, 4.69) is 41.5 Å². The number of nitrogens with zero attached hydrogens (tertiary/aromatic N) is 3. The number of carboxylic acid groups (broad SMARTS) is 1. The molecule has 0 spiro atoms. The minimum atomic E-state index is -0.987. The van der Waals surface area contributed by atoms with Gasteiger partial charge in [-0.3, -0.25) is 9.78 Å². The first-order valence-electron chi connectivity index (χ1n) is 7.38. The number of hydrogen-bond acceptors (Lipinski definition) is 6. The number of anilines is 3. The molecule has 0 fully saturated rings. The second-order valence-electron chi connectivity index (χ2n) is 5.08. The Hall–Kier alpha value is -3.00. The van der Waals surface area contributed by atoms with Gasteiger partial charge in [-0.15, -0.1) is 0 Å². The molecule has 2 aromatic heterocycles. The van der Waals surface area contributed by atoms with E-state index in [0.29, 0.717) is 11.5 Å². The Morgan fingerprint density at radius 1 is 1.12 bits per heavy atom. The van der Waals surface area contributed by atoms with Gasteiger partial charge in [0.05, 0.1) is 5.69 Å². The number of rotatable bonds is 6. The van der Waals surface area contributed by atoms with Gasteiger partial charge in [0, 0.05) is 34.2 Å². The Morgan fingerprint density at radius 2 is 1.92 bits per heavy atom. The van der Waals surface area contributed by atoms with Crippen LogP contribution < -0.4 is 10.6 Å². The van der Waals surface area contributed by atoms with Crippen LogP contribution in [0.5, 0.6) is 0 Å². The normalized spacial score (nSPS) is 10.3. The summed E-state index contributed by atoms with van der Waals surface area (Å²) in [6, 6.07) is 13.1. The van der Waals surface area contributed by atoms with Gasteiger partial charge in [0.2, 0.25) is 5.95 Å². The van der Waals surface area contributed by atoms with E-state index in [1.54, 1.807) is 18.5 Å². The van der Waals surface area contributed by atoms with Crippen molar-refractivity contribution in [2.24, 2.45) is 0 Å². The summed E-state index contributed by atoms with van der Waals surface area (Å²) < 4.78 is 0.935. The van der Waals surface area contributed by atoms with Gasteiger partial charge in [-0.05, 0) is 30.3 Å². The quantitative estimate of drug-likeness (QED) is 0.582. The van der Waals surface area contributed by atoms with Gasteiger partial charge in [0.15, 0.2) is 0 Å². The van der Waals surface area contributed by atoms with Crippen molar-refractivity contribution >= 4 is 39.4 Å². The lowest BCUT2D eigenvalue weighted by atomic mass is 10.2. The van der Waals surface area contributed by atoms with Gasteiger partial charge in [-0.25, -0.2) is 4.98 Å². The number of hydrogen-bond donors (Lipinski definition) is 3. The van der Waals surface area contributed by atoms with Gasteiger partial charge in [0.25, 0.3) is 0 Å². The number of aromatic nitrogens is 3. The molecule has 3 aromatic rings. The van der Waals surface area contributed by atoms with Crippen molar-refractivity contribution in [3.63, 3.8) is 0 Å². The Labute approximate surface area is 152 Å². The standard InChI is InChI=1S/C17H14BrN5O2/c18-12-2-1-3-13(8-12)21-15-9-14(11-4-6-19-7-5-11)22-17(23-15)20-10-16(24)25/h1-9H,10H2,(H,24,25)(H2,20,21,22,23). The Morgan fingerprint density at radius 3 is 2.64 bits per heavy atom. The lowest BCUT2D eigenvalue weighted by molar-refractivity contribution is -0.134. The van der Waals surface area contributed by atoms with E-state index in [9.17, 15) is 4.79 Å². The summed E-state index contributed by atoms with van der Waals surface area (Å²) in [4.78, 5) is 23.5. The molecule has 0 aliphatic rings. The molecular formula is C17H14BrN5O2. The second-order valence-corrected chi connectivity index (χ2v) is 6.00. The van der Waals surface area contributed by atoms with Crippen LogP contribution in [-0.2, 0) is 4.79 Å². The van der Waals surface area contributed by atoms with Crippen molar-refractivity contribution in [3.05, 3.63) is 59.3 Å². The van der Waals surface area contributed by atoms with E-state index in [4.69, 9.17) is 5.11 Å². The third-order valence-corrected chi connectivity index (χ3v) is 3.69. The SMILES string of the molecule is O=C(O)CNc1nc(Nc2cccc(Br)c2)cc(-c2ccncc2)n1. The van der Waals surface area contributed by atoms with E-state index in [-0.39, 0.29) is 12.5 Å². The summed E-state index contributed by atoms with van der Waals surface area (Å²) in [6.45, 7) is -0.268. The number of aliphatic carboxylic acids is 1. The minimum Gasteiger partial charge on any atom is -0.480 e. The fourth-order valence-corrected chi connectivity index (χ4v) is 2.53. The molecule has 8 heteroatoms. The molecule has 0 bridgehead atoms. The van der Waals surface area contributed by atoms with Crippen molar-refractivity contribution in [2.75, 3.05) is 17.2 Å². The zero-order chi connectivity index (χ0) is 17.6. The highest BCUT2D eigenvalue weighted by Gasteiger charge is 2.08. The third-order valence-electron chi connectivity index (χ3n) is 3.20.